The van der Waals surface area contributed by atoms with E-state index in [0.717, 1.165) is 11.1 Å². The molecule has 0 N–H and O–H groups in total. The smallest absolute Gasteiger partial charge is 0.311 e. The van der Waals surface area contributed by atoms with E-state index in [-0.39, 0.29) is 44.5 Å². The van der Waals surface area contributed by atoms with Crippen LogP contribution in [0, 0.1) is 5.92 Å². The molecule has 0 aromatic heterocycles. The van der Waals surface area contributed by atoms with Crippen molar-refractivity contribution in [1.82, 2.24) is 4.90 Å². The van der Waals surface area contributed by atoms with Gasteiger partial charge in [-0.05, 0) is 31.0 Å². The lowest BCUT2D eigenvalue weighted by molar-refractivity contribution is -0.148. The van der Waals surface area contributed by atoms with Crippen molar-refractivity contribution in [2.75, 3.05) is 31.2 Å². The average Bonchev–Trinajstić information content (AvgIpc) is 3.16. The second-order valence-corrected chi connectivity index (χ2v) is 9.01. The van der Waals surface area contributed by atoms with Gasteiger partial charge in [0.2, 0.25) is 5.91 Å². The van der Waals surface area contributed by atoms with Crippen molar-refractivity contribution in [3.8, 4) is 0 Å². The van der Waals surface area contributed by atoms with Crippen molar-refractivity contribution in [2.45, 2.75) is 38.6 Å². The lowest BCUT2D eigenvalue weighted by atomic mass is 9.72. The van der Waals surface area contributed by atoms with Gasteiger partial charge in [-0.15, -0.1) is 0 Å². The van der Waals surface area contributed by atoms with Crippen LogP contribution >= 0.6 is 0 Å². The standard InChI is InChI=1S/C27H30N2O6/c1-4-34-25(32)21-17-29(23(31)16-19-10-6-5-7-11-19)27(3)24(21)20-12-8-9-13-22(20)28(26(27)33)14-15-35-18(2)30/h5-13,21,24H,4,14-17H2,1-3H3/t21-,24+,27-/m0/s1. The molecule has 184 valence electrons. The lowest BCUT2D eigenvalue weighted by Gasteiger charge is -2.46. The molecule has 0 spiro atoms. The largest absolute Gasteiger partial charge is 0.466 e. The fourth-order valence-corrected chi connectivity index (χ4v) is 5.39. The summed E-state index contributed by atoms with van der Waals surface area (Å²) in [5, 5.41) is 0. The predicted octanol–water partition coefficient (Wildman–Crippen LogP) is 2.70. The third kappa shape index (κ3) is 4.40. The molecule has 2 aliphatic heterocycles. The topological polar surface area (TPSA) is 93.2 Å². The molecule has 2 aliphatic rings. The van der Waals surface area contributed by atoms with Crippen molar-refractivity contribution < 1.29 is 28.7 Å². The van der Waals surface area contributed by atoms with E-state index >= 15 is 0 Å². The normalized spacial score (nSPS) is 22.9. The summed E-state index contributed by atoms with van der Waals surface area (Å²) in [6.45, 7) is 5.24. The first-order chi connectivity index (χ1) is 16.8. The van der Waals surface area contributed by atoms with E-state index in [1.807, 2.05) is 54.6 Å². The Morgan fingerprint density at radius 2 is 1.71 bits per heavy atom. The molecule has 1 saturated heterocycles. The van der Waals surface area contributed by atoms with Gasteiger partial charge in [-0.1, -0.05) is 48.5 Å². The molecule has 0 aliphatic carbocycles. The highest BCUT2D eigenvalue weighted by Crippen LogP contribution is 2.53. The molecule has 0 unspecified atom stereocenters. The molecule has 3 atom stereocenters. The molecule has 0 radical (unpaired) electrons. The summed E-state index contributed by atoms with van der Waals surface area (Å²) >= 11 is 0. The molecule has 8 heteroatoms. The molecule has 2 amide bonds. The molecule has 8 nitrogen and oxygen atoms in total. The number of benzene rings is 2. The number of ether oxygens (including phenoxy) is 2. The molecule has 2 heterocycles. The minimum atomic E-state index is -1.30. The zero-order chi connectivity index (χ0) is 25.2. The Bertz CT molecular complexity index is 1130. The van der Waals surface area contributed by atoms with Gasteiger partial charge in [0.05, 0.1) is 25.5 Å². The van der Waals surface area contributed by atoms with E-state index in [9.17, 15) is 19.2 Å². The molecule has 35 heavy (non-hydrogen) atoms. The number of hydrogen-bond donors (Lipinski definition) is 0. The van der Waals surface area contributed by atoms with Gasteiger partial charge >= 0.3 is 11.9 Å². The monoisotopic (exact) mass is 478 g/mol. The van der Waals surface area contributed by atoms with E-state index in [1.54, 1.807) is 23.6 Å². The van der Waals surface area contributed by atoms with Crippen LogP contribution in [0.1, 0.15) is 37.8 Å². The number of anilines is 1. The molecule has 0 saturated carbocycles. The number of amides is 2. The van der Waals surface area contributed by atoms with E-state index in [0.29, 0.717) is 5.69 Å². The SMILES string of the molecule is CCOC(=O)[C@H]1CN(C(=O)Cc2ccccc2)[C@]2(C)C(=O)N(CCOC(C)=O)c3ccccc3[C@H]12. The van der Waals surface area contributed by atoms with Crippen LogP contribution in [0.3, 0.4) is 0 Å². The first kappa shape index (κ1) is 24.4. The highest BCUT2D eigenvalue weighted by Gasteiger charge is 2.63. The number of likely N-dealkylation sites (tertiary alicyclic amines) is 1. The molecule has 2 aromatic rings. The highest BCUT2D eigenvalue weighted by atomic mass is 16.5. The van der Waals surface area contributed by atoms with Gasteiger partial charge in [0.25, 0.3) is 5.91 Å². The van der Waals surface area contributed by atoms with Gasteiger partial charge in [-0.2, -0.15) is 0 Å². The van der Waals surface area contributed by atoms with Gasteiger partial charge in [-0.3, -0.25) is 19.2 Å². The van der Waals surface area contributed by atoms with Crippen LogP contribution in [0.25, 0.3) is 0 Å². The molecular formula is C27H30N2O6. The number of hydrogen-bond acceptors (Lipinski definition) is 6. The van der Waals surface area contributed by atoms with Crippen molar-refractivity contribution in [1.29, 1.82) is 0 Å². The highest BCUT2D eigenvalue weighted by molar-refractivity contribution is 6.07. The fraction of sp³-hybridized carbons (Fsp3) is 0.407. The Hall–Kier alpha value is -3.68. The minimum Gasteiger partial charge on any atom is -0.466 e. The summed E-state index contributed by atoms with van der Waals surface area (Å²) in [6, 6.07) is 16.7. The Labute approximate surface area is 204 Å². The fourth-order valence-electron chi connectivity index (χ4n) is 5.39. The van der Waals surface area contributed by atoms with Gasteiger partial charge in [0.15, 0.2) is 0 Å². The lowest BCUT2D eigenvalue weighted by Crippen LogP contribution is -2.62. The second kappa shape index (κ2) is 9.90. The predicted molar refractivity (Wildman–Crippen MR) is 129 cm³/mol. The minimum absolute atomic E-state index is 0.0232. The summed E-state index contributed by atoms with van der Waals surface area (Å²) < 4.78 is 10.5. The summed E-state index contributed by atoms with van der Waals surface area (Å²) in [7, 11) is 0. The van der Waals surface area contributed by atoms with Crippen LogP contribution in [0.4, 0.5) is 5.69 Å². The quantitative estimate of drug-likeness (QED) is 0.568. The van der Waals surface area contributed by atoms with Crippen LogP contribution in [0.15, 0.2) is 54.6 Å². The maximum absolute atomic E-state index is 14.1. The van der Waals surface area contributed by atoms with Crippen LogP contribution in [0.2, 0.25) is 0 Å². The van der Waals surface area contributed by atoms with Gasteiger partial charge in [-0.25, -0.2) is 0 Å². The number of rotatable bonds is 7. The van der Waals surface area contributed by atoms with E-state index in [1.165, 1.54) is 6.92 Å². The number of fused-ring (bicyclic) bond motifs is 3. The Kier molecular flexibility index (Phi) is 6.91. The summed E-state index contributed by atoms with van der Waals surface area (Å²) in [6.07, 6.45) is 0.112. The van der Waals surface area contributed by atoms with Gasteiger partial charge in [0.1, 0.15) is 12.1 Å². The molecule has 2 aromatic carbocycles. The zero-order valence-electron chi connectivity index (χ0n) is 20.2. The van der Waals surface area contributed by atoms with Crippen molar-refractivity contribution in [3.63, 3.8) is 0 Å². The summed E-state index contributed by atoms with van der Waals surface area (Å²) in [4.78, 5) is 55.2. The second-order valence-electron chi connectivity index (χ2n) is 9.01. The zero-order valence-corrected chi connectivity index (χ0v) is 20.2. The number of nitrogens with zero attached hydrogens (tertiary/aromatic N) is 2. The number of carbonyl (C=O) groups excluding carboxylic acids is 4. The summed E-state index contributed by atoms with van der Waals surface area (Å²) in [5.41, 5.74) is 0.977. The first-order valence-corrected chi connectivity index (χ1v) is 11.8. The third-order valence-corrected chi connectivity index (χ3v) is 6.90. The van der Waals surface area contributed by atoms with Crippen LogP contribution in [0.5, 0.6) is 0 Å². The van der Waals surface area contributed by atoms with E-state index in [4.69, 9.17) is 9.47 Å². The number of esters is 2. The van der Waals surface area contributed by atoms with Crippen LogP contribution in [-0.2, 0) is 35.1 Å². The molecule has 4 rings (SSSR count). The number of carbonyl (C=O) groups is 4. The van der Waals surface area contributed by atoms with Gasteiger partial charge < -0.3 is 19.3 Å². The van der Waals surface area contributed by atoms with Gasteiger partial charge in [0, 0.05) is 25.1 Å². The maximum Gasteiger partial charge on any atom is 0.311 e. The van der Waals surface area contributed by atoms with Crippen LogP contribution < -0.4 is 4.90 Å². The first-order valence-electron chi connectivity index (χ1n) is 11.8. The summed E-state index contributed by atoms with van der Waals surface area (Å²) in [5.74, 6) is -2.63. The average molecular weight is 479 g/mol. The Balaban J connectivity index is 1.77. The Morgan fingerprint density at radius 1 is 1.03 bits per heavy atom. The van der Waals surface area contributed by atoms with E-state index in [2.05, 4.69) is 0 Å². The maximum atomic E-state index is 14.1. The third-order valence-electron chi connectivity index (χ3n) is 6.90. The van der Waals surface area contributed by atoms with Crippen molar-refractivity contribution in [3.05, 3.63) is 65.7 Å². The molecular weight excluding hydrogens is 448 g/mol. The van der Waals surface area contributed by atoms with Crippen molar-refractivity contribution >= 4 is 29.4 Å². The Morgan fingerprint density at radius 3 is 2.40 bits per heavy atom. The molecule has 0 bridgehead atoms. The van der Waals surface area contributed by atoms with Crippen LogP contribution in [-0.4, -0.2) is 60.5 Å². The van der Waals surface area contributed by atoms with E-state index < -0.39 is 29.3 Å². The van der Waals surface area contributed by atoms with Crippen molar-refractivity contribution in [2.24, 2.45) is 5.92 Å². The molecule has 1 fully saturated rings. The number of para-hydroxylation sites is 1.